The highest BCUT2D eigenvalue weighted by atomic mass is 16.5. The highest BCUT2D eigenvalue weighted by Gasteiger charge is 2.55. The molecule has 0 spiro atoms. The third-order valence-electron chi connectivity index (χ3n) is 6.67. The van der Waals surface area contributed by atoms with Crippen LogP contribution in [0.15, 0.2) is 23.3 Å². The zero-order chi connectivity index (χ0) is 21.1. The lowest BCUT2D eigenvalue weighted by atomic mass is 9.47. The third-order valence-corrected chi connectivity index (χ3v) is 6.67. The van der Waals surface area contributed by atoms with Crippen LogP contribution in [0.2, 0.25) is 0 Å². The zero-order valence-corrected chi connectivity index (χ0v) is 17.2. The van der Waals surface area contributed by atoms with Gasteiger partial charge in [-0.25, -0.2) is 4.79 Å². The maximum absolute atomic E-state index is 11.8. The molecule has 0 aliphatic heterocycles. The van der Waals surface area contributed by atoms with Crippen LogP contribution in [0.3, 0.4) is 0 Å². The Bertz CT molecular complexity index is 689. The van der Waals surface area contributed by atoms with E-state index in [0.717, 1.165) is 31.6 Å². The van der Waals surface area contributed by atoms with Gasteiger partial charge in [0.15, 0.2) is 0 Å². The number of fused-ring (bicyclic) bond motifs is 1. The van der Waals surface area contributed by atoms with E-state index in [-0.39, 0.29) is 29.3 Å². The fourth-order valence-corrected chi connectivity index (χ4v) is 5.66. The molecule has 0 amide bonds. The van der Waals surface area contributed by atoms with Crippen LogP contribution in [-0.2, 0) is 19.1 Å². The number of carboxylic acids is 1. The number of allylic oxidation sites excluding steroid dienone is 1. The topological polar surface area (TPSA) is 101 Å². The minimum absolute atomic E-state index is 0.0304. The summed E-state index contributed by atoms with van der Waals surface area (Å²) in [6.45, 7) is 7.71. The summed E-state index contributed by atoms with van der Waals surface area (Å²) in [5, 5.41) is 19.9. The van der Waals surface area contributed by atoms with E-state index in [4.69, 9.17) is 9.84 Å². The summed E-state index contributed by atoms with van der Waals surface area (Å²) in [7, 11) is 0. The summed E-state index contributed by atoms with van der Waals surface area (Å²) in [5.74, 6) is -1.60. The quantitative estimate of drug-likeness (QED) is 0.392. The average Bonchev–Trinajstić information content (AvgIpc) is 2.56. The van der Waals surface area contributed by atoms with E-state index in [0.29, 0.717) is 24.0 Å². The Morgan fingerprint density at radius 1 is 1.29 bits per heavy atom. The number of aliphatic hydroxyl groups is 1. The van der Waals surface area contributed by atoms with Gasteiger partial charge in [-0.15, -0.1) is 0 Å². The fraction of sp³-hybridized carbons (Fsp3) is 0.682. The van der Waals surface area contributed by atoms with Crippen molar-refractivity contribution in [2.24, 2.45) is 22.7 Å². The molecule has 0 aromatic rings. The molecule has 0 heterocycles. The van der Waals surface area contributed by atoms with Crippen molar-refractivity contribution >= 4 is 18.2 Å². The summed E-state index contributed by atoms with van der Waals surface area (Å²) in [5.41, 5.74) is 0.801. The molecule has 6 nitrogen and oxygen atoms in total. The molecule has 0 unspecified atom stereocenters. The first-order valence-electron chi connectivity index (χ1n) is 9.92. The molecule has 6 heteroatoms. The first-order valence-corrected chi connectivity index (χ1v) is 9.92. The maximum atomic E-state index is 11.8. The van der Waals surface area contributed by atoms with Crippen molar-refractivity contribution in [2.75, 3.05) is 6.61 Å². The number of aliphatic carboxylic acids is 1. The number of rotatable bonds is 7. The summed E-state index contributed by atoms with van der Waals surface area (Å²) < 4.78 is 4.99. The molecule has 0 aromatic carbocycles. The molecule has 0 saturated heterocycles. The van der Waals surface area contributed by atoms with Crippen molar-refractivity contribution in [2.45, 2.75) is 65.9 Å². The van der Waals surface area contributed by atoms with Gasteiger partial charge in [0, 0.05) is 13.0 Å². The van der Waals surface area contributed by atoms with Gasteiger partial charge in [-0.1, -0.05) is 27.2 Å². The van der Waals surface area contributed by atoms with E-state index < -0.39 is 18.0 Å². The van der Waals surface area contributed by atoms with Crippen molar-refractivity contribution < 1.29 is 29.3 Å². The summed E-state index contributed by atoms with van der Waals surface area (Å²) in [4.78, 5) is 34.0. The first-order chi connectivity index (χ1) is 13.0. The van der Waals surface area contributed by atoms with Crippen LogP contribution in [0.5, 0.6) is 0 Å². The Morgan fingerprint density at radius 3 is 2.54 bits per heavy atom. The Hall–Kier alpha value is -1.95. The number of ether oxygens (including phenoxy) is 1. The number of carboxylic acid groups (broad SMARTS) is 1. The van der Waals surface area contributed by atoms with Crippen LogP contribution >= 0.6 is 0 Å². The predicted molar refractivity (Wildman–Crippen MR) is 104 cm³/mol. The maximum Gasteiger partial charge on any atom is 0.328 e. The smallest absolute Gasteiger partial charge is 0.328 e. The van der Waals surface area contributed by atoms with Gasteiger partial charge in [0.2, 0.25) is 0 Å². The number of aldehydes is 1. The Kier molecular flexibility index (Phi) is 6.86. The number of carbonyl (C=O) groups is 3. The molecule has 0 radical (unpaired) electrons. The summed E-state index contributed by atoms with van der Waals surface area (Å²) in [6.07, 6.45) is 6.87. The van der Waals surface area contributed by atoms with Gasteiger partial charge >= 0.3 is 11.9 Å². The molecule has 2 aliphatic rings. The first kappa shape index (κ1) is 22.3. The monoisotopic (exact) mass is 392 g/mol. The van der Waals surface area contributed by atoms with Crippen molar-refractivity contribution in [3.8, 4) is 0 Å². The molecular formula is C22H32O6. The molecule has 4 atom stereocenters. The largest absolute Gasteiger partial charge is 0.478 e. The molecular weight excluding hydrogens is 360 g/mol. The van der Waals surface area contributed by atoms with Gasteiger partial charge in [0.25, 0.3) is 0 Å². The van der Waals surface area contributed by atoms with E-state index >= 15 is 0 Å². The second kappa shape index (κ2) is 8.60. The van der Waals surface area contributed by atoms with E-state index in [1.54, 1.807) is 6.08 Å². The Balaban J connectivity index is 2.30. The lowest BCUT2D eigenvalue weighted by molar-refractivity contribution is -0.140. The molecule has 156 valence electrons. The minimum Gasteiger partial charge on any atom is -0.478 e. The van der Waals surface area contributed by atoms with Gasteiger partial charge < -0.3 is 14.9 Å². The van der Waals surface area contributed by atoms with Gasteiger partial charge in [0.05, 0.1) is 6.10 Å². The summed E-state index contributed by atoms with van der Waals surface area (Å²) in [6, 6.07) is 0. The number of carbonyl (C=O) groups excluding carboxylic acids is 2. The fourth-order valence-electron chi connectivity index (χ4n) is 5.66. The minimum atomic E-state index is -1.09. The standard InChI is InChI=1S/C22H32O6/c1-14(24)28-13-15(10-19(26)27)6-7-17-16(12-23)11-18(25)20-21(2,3)8-5-9-22(17,20)4/h10-12,17-18,20,25H,5-9,13H2,1-4H3,(H,26,27)/b15-10+/t17-,18-,20+,22-/m1/s1. The normalized spacial score (nSPS) is 32.1. The second-order valence-corrected chi connectivity index (χ2v) is 9.11. The van der Waals surface area contributed by atoms with E-state index in [1.807, 2.05) is 0 Å². The molecule has 28 heavy (non-hydrogen) atoms. The Labute approximate surface area is 166 Å². The van der Waals surface area contributed by atoms with Gasteiger partial charge in [-0.05, 0) is 65.6 Å². The molecule has 2 rings (SSSR count). The molecule has 0 bridgehead atoms. The van der Waals surface area contributed by atoms with Crippen LogP contribution in [0.25, 0.3) is 0 Å². The number of aliphatic hydroxyl groups excluding tert-OH is 1. The number of hydrogen-bond donors (Lipinski definition) is 2. The van der Waals surface area contributed by atoms with Crippen LogP contribution in [0, 0.1) is 22.7 Å². The highest BCUT2D eigenvalue weighted by molar-refractivity contribution is 5.81. The number of esters is 1. The van der Waals surface area contributed by atoms with Gasteiger partial charge in [-0.3, -0.25) is 9.59 Å². The molecule has 2 N–H and O–H groups in total. The Morgan fingerprint density at radius 2 is 1.96 bits per heavy atom. The second-order valence-electron chi connectivity index (χ2n) is 9.11. The van der Waals surface area contributed by atoms with E-state index in [9.17, 15) is 19.5 Å². The zero-order valence-electron chi connectivity index (χ0n) is 17.2. The van der Waals surface area contributed by atoms with Crippen molar-refractivity contribution in [1.82, 2.24) is 0 Å². The lowest BCUT2D eigenvalue weighted by Gasteiger charge is -2.58. The SMILES string of the molecule is CC(=O)OC/C(=C/C(=O)O)CC[C@@H]1C(C=O)=C[C@@H](O)[C@H]2C(C)(C)CCC[C@]12C. The van der Waals surface area contributed by atoms with Gasteiger partial charge in [-0.2, -0.15) is 0 Å². The van der Waals surface area contributed by atoms with Crippen LogP contribution in [-0.4, -0.2) is 41.1 Å². The van der Waals surface area contributed by atoms with Gasteiger partial charge in [0.1, 0.15) is 12.9 Å². The van der Waals surface area contributed by atoms with Crippen molar-refractivity contribution in [3.05, 3.63) is 23.3 Å². The summed E-state index contributed by atoms with van der Waals surface area (Å²) >= 11 is 0. The molecule has 1 fully saturated rings. The van der Waals surface area contributed by atoms with Crippen LogP contribution in [0.4, 0.5) is 0 Å². The average molecular weight is 392 g/mol. The highest BCUT2D eigenvalue weighted by Crippen LogP contribution is 2.60. The van der Waals surface area contributed by atoms with Crippen molar-refractivity contribution in [1.29, 1.82) is 0 Å². The predicted octanol–water partition coefficient (Wildman–Crippen LogP) is 3.29. The van der Waals surface area contributed by atoms with Crippen molar-refractivity contribution in [3.63, 3.8) is 0 Å². The van der Waals surface area contributed by atoms with E-state index in [2.05, 4.69) is 20.8 Å². The van der Waals surface area contributed by atoms with Crippen LogP contribution in [0.1, 0.15) is 59.8 Å². The third kappa shape index (κ3) is 4.72. The molecule has 2 aliphatic carbocycles. The van der Waals surface area contributed by atoms with E-state index in [1.165, 1.54) is 6.92 Å². The van der Waals surface area contributed by atoms with Crippen LogP contribution < -0.4 is 0 Å². The molecule has 1 saturated carbocycles. The number of hydrogen-bond acceptors (Lipinski definition) is 5. The lowest BCUT2D eigenvalue weighted by Crippen LogP contribution is -2.54. The molecule has 0 aromatic heterocycles.